The van der Waals surface area contributed by atoms with Gasteiger partial charge in [-0.05, 0) is 19.1 Å². The van der Waals surface area contributed by atoms with Crippen molar-refractivity contribution in [2.45, 2.75) is 18.2 Å². The van der Waals surface area contributed by atoms with Crippen molar-refractivity contribution in [1.82, 2.24) is 9.21 Å². The van der Waals surface area contributed by atoms with Crippen molar-refractivity contribution in [2.75, 3.05) is 32.7 Å². The summed E-state index contributed by atoms with van der Waals surface area (Å²) in [5, 5.41) is 8.66. The maximum Gasteiger partial charge on any atom is 0.304 e. The highest BCUT2D eigenvalue weighted by molar-refractivity contribution is 7.89. The number of carboxylic acid groups (broad SMARTS) is 1. The number of nitrogens with zero attached hydrogens (tertiary/aromatic N) is 2. The van der Waals surface area contributed by atoms with E-state index < -0.39 is 16.0 Å². The molecule has 1 saturated heterocycles. The third kappa shape index (κ3) is 4.03. The van der Waals surface area contributed by atoms with E-state index in [2.05, 4.69) is 0 Å². The molecule has 0 saturated carbocycles. The predicted molar refractivity (Wildman–Crippen MR) is 78.6 cm³/mol. The van der Waals surface area contributed by atoms with Crippen molar-refractivity contribution in [3.8, 4) is 0 Å². The van der Waals surface area contributed by atoms with Crippen molar-refractivity contribution >= 4 is 16.0 Å². The van der Waals surface area contributed by atoms with Gasteiger partial charge in [0.15, 0.2) is 0 Å². The number of aryl methyl sites for hydroxylation is 1. The molecule has 1 aliphatic heterocycles. The number of piperazine rings is 1. The van der Waals surface area contributed by atoms with Gasteiger partial charge in [0.1, 0.15) is 0 Å². The molecule has 7 heteroatoms. The molecule has 6 nitrogen and oxygen atoms in total. The molecule has 21 heavy (non-hydrogen) atoms. The summed E-state index contributed by atoms with van der Waals surface area (Å²) in [5.74, 6) is -0.829. The van der Waals surface area contributed by atoms with Crippen LogP contribution in [0.2, 0.25) is 0 Å². The minimum Gasteiger partial charge on any atom is -0.481 e. The quantitative estimate of drug-likeness (QED) is 0.869. The maximum absolute atomic E-state index is 12.5. The van der Waals surface area contributed by atoms with Crippen LogP contribution in [0.25, 0.3) is 0 Å². The Hall–Kier alpha value is -1.44. The number of aliphatic carboxylic acids is 1. The molecular formula is C14H20N2O4S. The monoisotopic (exact) mass is 312 g/mol. The van der Waals surface area contributed by atoms with E-state index in [1.807, 2.05) is 11.8 Å². The number of benzene rings is 1. The van der Waals surface area contributed by atoms with E-state index in [4.69, 9.17) is 5.11 Å². The van der Waals surface area contributed by atoms with Crippen molar-refractivity contribution in [1.29, 1.82) is 0 Å². The highest BCUT2D eigenvalue weighted by Gasteiger charge is 2.28. The molecule has 1 aromatic rings. The van der Waals surface area contributed by atoms with Gasteiger partial charge in [0.25, 0.3) is 0 Å². The lowest BCUT2D eigenvalue weighted by molar-refractivity contribution is -0.137. The second-order valence-electron chi connectivity index (χ2n) is 5.20. The summed E-state index contributed by atoms with van der Waals surface area (Å²) in [6, 6.07) is 6.83. The molecule has 1 fully saturated rings. The number of hydrogen-bond donors (Lipinski definition) is 1. The average Bonchev–Trinajstić information content (AvgIpc) is 2.46. The van der Waals surface area contributed by atoms with Gasteiger partial charge in [0, 0.05) is 32.7 Å². The Balaban J connectivity index is 1.97. The van der Waals surface area contributed by atoms with Gasteiger partial charge < -0.3 is 10.0 Å². The molecule has 0 radical (unpaired) electrons. The number of hydrogen-bond acceptors (Lipinski definition) is 4. The Morgan fingerprint density at radius 2 is 1.71 bits per heavy atom. The van der Waals surface area contributed by atoms with Gasteiger partial charge >= 0.3 is 5.97 Å². The van der Waals surface area contributed by atoms with E-state index in [0.717, 1.165) is 5.56 Å². The summed E-state index contributed by atoms with van der Waals surface area (Å²) in [6.07, 6.45) is 0.0880. The van der Waals surface area contributed by atoms with Crippen LogP contribution in [-0.4, -0.2) is 61.4 Å². The minimum absolute atomic E-state index is 0.0880. The standard InChI is InChI=1S/C14H20N2O4S/c1-12-2-4-13(5-3-12)21(19,20)16-10-8-15(9-11-16)7-6-14(17)18/h2-5H,6-11H2,1H3,(H,17,18). The number of sulfonamides is 1. The second-order valence-corrected chi connectivity index (χ2v) is 7.14. The lowest BCUT2D eigenvalue weighted by atomic mass is 10.2. The van der Waals surface area contributed by atoms with Gasteiger partial charge in [-0.3, -0.25) is 4.79 Å². The first-order valence-electron chi connectivity index (χ1n) is 6.90. The third-order valence-electron chi connectivity index (χ3n) is 3.63. The first-order chi connectivity index (χ1) is 9.89. The summed E-state index contributed by atoms with van der Waals surface area (Å²) in [7, 11) is -3.44. The fourth-order valence-electron chi connectivity index (χ4n) is 2.31. The fraction of sp³-hybridized carbons (Fsp3) is 0.500. The highest BCUT2D eigenvalue weighted by Crippen LogP contribution is 2.18. The molecule has 1 N–H and O–H groups in total. The molecule has 1 heterocycles. The van der Waals surface area contributed by atoms with Crippen LogP contribution in [-0.2, 0) is 14.8 Å². The second kappa shape index (κ2) is 6.55. The van der Waals surface area contributed by atoms with Crippen LogP contribution in [0.15, 0.2) is 29.2 Å². The van der Waals surface area contributed by atoms with Crippen LogP contribution in [0.5, 0.6) is 0 Å². The number of carboxylic acids is 1. The Kier molecular flexibility index (Phi) is 4.97. The molecule has 0 atom stereocenters. The third-order valence-corrected chi connectivity index (χ3v) is 5.54. The smallest absolute Gasteiger partial charge is 0.304 e. The largest absolute Gasteiger partial charge is 0.481 e. The SMILES string of the molecule is Cc1ccc(S(=O)(=O)N2CCN(CCC(=O)O)CC2)cc1. The van der Waals surface area contributed by atoms with Crippen LogP contribution >= 0.6 is 0 Å². The topological polar surface area (TPSA) is 77.9 Å². The van der Waals surface area contributed by atoms with E-state index in [9.17, 15) is 13.2 Å². The fourth-order valence-corrected chi connectivity index (χ4v) is 3.73. The van der Waals surface area contributed by atoms with Gasteiger partial charge in [-0.1, -0.05) is 17.7 Å². The normalized spacial score (nSPS) is 17.8. The van der Waals surface area contributed by atoms with Crippen molar-refractivity contribution in [3.63, 3.8) is 0 Å². The minimum atomic E-state index is -3.44. The molecule has 0 unspecified atom stereocenters. The molecule has 1 aliphatic rings. The van der Waals surface area contributed by atoms with Crippen LogP contribution in [0.4, 0.5) is 0 Å². The summed E-state index contributed by atoms with van der Waals surface area (Å²) in [4.78, 5) is 12.8. The zero-order valence-corrected chi connectivity index (χ0v) is 12.8. The lowest BCUT2D eigenvalue weighted by Crippen LogP contribution is -2.48. The molecule has 0 amide bonds. The zero-order chi connectivity index (χ0) is 15.5. The summed E-state index contributed by atoms with van der Waals surface area (Å²) >= 11 is 0. The van der Waals surface area contributed by atoms with E-state index in [1.165, 1.54) is 4.31 Å². The van der Waals surface area contributed by atoms with Gasteiger partial charge in [-0.2, -0.15) is 4.31 Å². The zero-order valence-electron chi connectivity index (χ0n) is 12.0. The van der Waals surface area contributed by atoms with Gasteiger partial charge in [0.2, 0.25) is 10.0 Å². The van der Waals surface area contributed by atoms with E-state index in [-0.39, 0.29) is 6.42 Å². The molecule has 1 aromatic carbocycles. The Morgan fingerprint density at radius 1 is 1.14 bits per heavy atom. The molecule has 0 spiro atoms. The first kappa shape index (κ1) is 15.9. The van der Waals surface area contributed by atoms with Crippen molar-refractivity contribution in [2.24, 2.45) is 0 Å². The highest BCUT2D eigenvalue weighted by atomic mass is 32.2. The Bertz CT molecular complexity index is 590. The van der Waals surface area contributed by atoms with Gasteiger partial charge in [-0.15, -0.1) is 0 Å². The summed E-state index contributed by atoms with van der Waals surface area (Å²) in [6.45, 7) is 4.31. The van der Waals surface area contributed by atoms with E-state index in [1.54, 1.807) is 24.3 Å². The Labute approximate surface area is 125 Å². The number of carbonyl (C=O) groups is 1. The van der Waals surface area contributed by atoms with E-state index >= 15 is 0 Å². The molecule has 0 aromatic heterocycles. The lowest BCUT2D eigenvalue weighted by Gasteiger charge is -2.33. The number of rotatable bonds is 5. The summed E-state index contributed by atoms with van der Waals surface area (Å²) in [5.41, 5.74) is 1.02. The van der Waals surface area contributed by atoms with Gasteiger partial charge in [0.05, 0.1) is 11.3 Å². The molecule has 0 bridgehead atoms. The summed E-state index contributed by atoms with van der Waals surface area (Å²) < 4.78 is 26.4. The average molecular weight is 312 g/mol. The van der Waals surface area contributed by atoms with Gasteiger partial charge in [-0.25, -0.2) is 8.42 Å². The molecule has 2 rings (SSSR count). The predicted octanol–water partition coefficient (Wildman–Crippen LogP) is 0.776. The first-order valence-corrected chi connectivity index (χ1v) is 8.34. The maximum atomic E-state index is 12.5. The molecular weight excluding hydrogens is 292 g/mol. The van der Waals surface area contributed by atoms with E-state index in [0.29, 0.717) is 37.6 Å². The van der Waals surface area contributed by atoms with Crippen LogP contribution < -0.4 is 0 Å². The van der Waals surface area contributed by atoms with Crippen LogP contribution in [0, 0.1) is 6.92 Å². The Morgan fingerprint density at radius 3 is 2.24 bits per heavy atom. The van der Waals surface area contributed by atoms with Crippen molar-refractivity contribution < 1.29 is 18.3 Å². The molecule has 116 valence electrons. The van der Waals surface area contributed by atoms with Crippen LogP contribution in [0.1, 0.15) is 12.0 Å². The van der Waals surface area contributed by atoms with Crippen LogP contribution in [0.3, 0.4) is 0 Å². The van der Waals surface area contributed by atoms with Crippen molar-refractivity contribution in [3.05, 3.63) is 29.8 Å². The molecule has 0 aliphatic carbocycles.